The van der Waals surface area contributed by atoms with E-state index in [0.29, 0.717) is 17.9 Å². The Morgan fingerprint density at radius 1 is 1.21 bits per heavy atom. The molecule has 1 aromatic rings. The molecule has 1 aromatic carbocycles. The summed E-state index contributed by atoms with van der Waals surface area (Å²) in [5, 5.41) is 5.43. The van der Waals surface area contributed by atoms with E-state index in [1.54, 1.807) is 24.3 Å². The molecule has 4 N–H and O–H groups in total. The van der Waals surface area contributed by atoms with Gasteiger partial charge in [0.05, 0.1) is 11.4 Å². The maximum Gasteiger partial charge on any atom is 0.226 e. The highest BCUT2D eigenvalue weighted by Crippen LogP contribution is 2.16. The van der Waals surface area contributed by atoms with Crippen molar-refractivity contribution in [3.05, 3.63) is 24.3 Å². The van der Waals surface area contributed by atoms with Gasteiger partial charge in [0.15, 0.2) is 0 Å². The third-order valence-electron chi connectivity index (χ3n) is 2.55. The number of nitrogens with two attached hydrogens (primary N) is 1. The van der Waals surface area contributed by atoms with Crippen molar-refractivity contribution in [2.45, 2.75) is 27.2 Å². The van der Waals surface area contributed by atoms with Crippen LogP contribution in [0, 0.1) is 5.41 Å². The van der Waals surface area contributed by atoms with Crippen molar-refractivity contribution in [3.8, 4) is 0 Å². The minimum Gasteiger partial charge on any atom is -0.397 e. The Hall–Kier alpha value is -2.04. The summed E-state index contributed by atoms with van der Waals surface area (Å²) in [6.07, 6.45) is 0.218. The van der Waals surface area contributed by atoms with Gasteiger partial charge in [0, 0.05) is 18.4 Å². The fourth-order valence-electron chi connectivity index (χ4n) is 1.38. The van der Waals surface area contributed by atoms with Crippen LogP contribution in [0.5, 0.6) is 0 Å². The second-order valence-electron chi connectivity index (χ2n) is 5.39. The van der Waals surface area contributed by atoms with Crippen molar-refractivity contribution >= 4 is 23.2 Å². The smallest absolute Gasteiger partial charge is 0.226 e. The third kappa shape index (κ3) is 4.99. The van der Waals surface area contributed by atoms with Gasteiger partial charge >= 0.3 is 0 Å². The second kappa shape index (κ2) is 6.22. The molecule has 0 fully saturated rings. The maximum atomic E-state index is 11.7. The van der Waals surface area contributed by atoms with Gasteiger partial charge in [-0.25, -0.2) is 0 Å². The fraction of sp³-hybridized carbons (Fsp3) is 0.429. The molecule has 0 atom stereocenters. The molecular weight excluding hydrogens is 242 g/mol. The second-order valence-corrected chi connectivity index (χ2v) is 5.39. The molecule has 5 nitrogen and oxygen atoms in total. The summed E-state index contributed by atoms with van der Waals surface area (Å²) in [7, 11) is 0. The standard InChI is InChI=1S/C14H21N3O2/c1-14(2,3)13(19)16-9-8-12(18)17-11-7-5-4-6-10(11)15/h4-7H,8-9,15H2,1-3H3,(H,16,19)(H,17,18). The Balaban J connectivity index is 2.37. The number of anilines is 2. The van der Waals surface area contributed by atoms with Gasteiger partial charge in [-0.2, -0.15) is 0 Å². The Morgan fingerprint density at radius 2 is 1.84 bits per heavy atom. The predicted molar refractivity (Wildman–Crippen MR) is 76.6 cm³/mol. The molecular formula is C14H21N3O2. The molecule has 0 radical (unpaired) electrons. The van der Waals surface area contributed by atoms with Crippen LogP contribution < -0.4 is 16.4 Å². The van der Waals surface area contributed by atoms with Crippen molar-refractivity contribution in [2.24, 2.45) is 5.41 Å². The molecule has 0 bridgehead atoms. The topological polar surface area (TPSA) is 84.2 Å². The largest absolute Gasteiger partial charge is 0.397 e. The van der Waals surface area contributed by atoms with Crippen molar-refractivity contribution in [1.82, 2.24) is 5.32 Å². The number of para-hydroxylation sites is 2. The number of carbonyl (C=O) groups excluding carboxylic acids is 2. The highest BCUT2D eigenvalue weighted by Gasteiger charge is 2.20. The van der Waals surface area contributed by atoms with Gasteiger partial charge in [-0.3, -0.25) is 9.59 Å². The zero-order chi connectivity index (χ0) is 14.5. The quantitative estimate of drug-likeness (QED) is 0.724. The van der Waals surface area contributed by atoms with E-state index in [4.69, 9.17) is 5.73 Å². The minimum absolute atomic E-state index is 0.0699. The average molecular weight is 263 g/mol. The SMILES string of the molecule is CC(C)(C)C(=O)NCCC(=O)Nc1ccccc1N. The van der Waals surface area contributed by atoms with Crippen LogP contribution in [0.15, 0.2) is 24.3 Å². The van der Waals surface area contributed by atoms with Crippen LogP contribution in [-0.4, -0.2) is 18.4 Å². The summed E-state index contributed by atoms with van der Waals surface area (Å²) in [5.74, 6) is -0.244. The lowest BCUT2D eigenvalue weighted by Gasteiger charge is -2.17. The summed E-state index contributed by atoms with van der Waals surface area (Å²) in [6, 6.07) is 7.06. The normalized spacial score (nSPS) is 10.9. The molecule has 0 unspecified atom stereocenters. The van der Waals surface area contributed by atoms with Gasteiger partial charge in [0.2, 0.25) is 11.8 Å². The van der Waals surface area contributed by atoms with E-state index >= 15 is 0 Å². The van der Waals surface area contributed by atoms with Gasteiger partial charge in [-0.05, 0) is 12.1 Å². The van der Waals surface area contributed by atoms with Crippen LogP contribution in [0.3, 0.4) is 0 Å². The summed E-state index contributed by atoms with van der Waals surface area (Å²) in [5.41, 5.74) is 6.39. The van der Waals surface area contributed by atoms with Crippen LogP contribution >= 0.6 is 0 Å². The van der Waals surface area contributed by atoms with E-state index in [1.807, 2.05) is 20.8 Å². The molecule has 0 aliphatic rings. The number of hydrogen-bond acceptors (Lipinski definition) is 3. The molecule has 19 heavy (non-hydrogen) atoms. The highest BCUT2D eigenvalue weighted by atomic mass is 16.2. The Kier molecular flexibility index (Phi) is 4.92. The van der Waals surface area contributed by atoms with E-state index in [-0.39, 0.29) is 18.2 Å². The maximum absolute atomic E-state index is 11.7. The van der Waals surface area contributed by atoms with Gasteiger partial charge in [0.25, 0.3) is 0 Å². The summed E-state index contributed by atoms with van der Waals surface area (Å²) in [4.78, 5) is 23.3. The van der Waals surface area contributed by atoms with E-state index < -0.39 is 5.41 Å². The average Bonchev–Trinajstić information content (AvgIpc) is 2.31. The molecule has 1 rings (SSSR count). The van der Waals surface area contributed by atoms with Crippen molar-refractivity contribution in [2.75, 3.05) is 17.6 Å². The molecule has 0 saturated heterocycles. The first-order chi connectivity index (χ1) is 8.80. The lowest BCUT2D eigenvalue weighted by Crippen LogP contribution is -2.36. The molecule has 5 heteroatoms. The Bertz CT molecular complexity index is 464. The summed E-state index contributed by atoms with van der Waals surface area (Å²) >= 11 is 0. The number of amides is 2. The van der Waals surface area contributed by atoms with Crippen LogP contribution in [0.2, 0.25) is 0 Å². The first-order valence-electron chi connectivity index (χ1n) is 6.23. The molecule has 0 aliphatic heterocycles. The number of carbonyl (C=O) groups is 2. The number of rotatable bonds is 4. The first-order valence-corrected chi connectivity index (χ1v) is 6.23. The van der Waals surface area contributed by atoms with Crippen molar-refractivity contribution < 1.29 is 9.59 Å². The van der Waals surface area contributed by atoms with Crippen LogP contribution in [0.25, 0.3) is 0 Å². The number of nitrogen functional groups attached to an aromatic ring is 1. The molecule has 0 aliphatic carbocycles. The van der Waals surface area contributed by atoms with E-state index in [9.17, 15) is 9.59 Å². The zero-order valence-electron chi connectivity index (χ0n) is 11.6. The molecule has 0 spiro atoms. The Labute approximate surface area is 113 Å². The molecule has 0 saturated carbocycles. The van der Waals surface area contributed by atoms with Crippen molar-refractivity contribution in [1.29, 1.82) is 0 Å². The van der Waals surface area contributed by atoms with E-state index in [2.05, 4.69) is 10.6 Å². The molecule has 0 aromatic heterocycles. The zero-order valence-corrected chi connectivity index (χ0v) is 11.6. The molecule has 2 amide bonds. The number of nitrogens with one attached hydrogen (secondary N) is 2. The van der Waals surface area contributed by atoms with Crippen LogP contribution in [-0.2, 0) is 9.59 Å². The summed E-state index contributed by atoms with van der Waals surface area (Å²) in [6.45, 7) is 5.79. The third-order valence-corrected chi connectivity index (χ3v) is 2.55. The van der Waals surface area contributed by atoms with Crippen molar-refractivity contribution in [3.63, 3.8) is 0 Å². The van der Waals surface area contributed by atoms with Gasteiger partial charge in [-0.15, -0.1) is 0 Å². The highest BCUT2D eigenvalue weighted by molar-refractivity contribution is 5.94. The lowest BCUT2D eigenvalue weighted by molar-refractivity contribution is -0.128. The van der Waals surface area contributed by atoms with Gasteiger partial charge < -0.3 is 16.4 Å². The Morgan fingerprint density at radius 3 is 2.42 bits per heavy atom. The predicted octanol–water partition coefficient (Wildman–Crippen LogP) is 1.76. The van der Waals surface area contributed by atoms with Gasteiger partial charge in [-0.1, -0.05) is 32.9 Å². The number of benzene rings is 1. The fourth-order valence-corrected chi connectivity index (χ4v) is 1.38. The lowest BCUT2D eigenvalue weighted by atomic mass is 9.96. The van der Waals surface area contributed by atoms with Crippen LogP contribution in [0.1, 0.15) is 27.2 Å². The molecule has 0 heterocycles. The van der Waals surface area contributed by atoms with E-state index in [1.165, 1.54) is 0 Å². The van der Waals surface area contributed by atoms with E-state index in [0.717, 1.165) is 0 Å². The number of hydrogen-bond donors (Lipinski definition) is 3. The molecule has 104 valence electrons. The van der Waals surface area contributed by atoms with Gasteiger partial charge in [0.1, 0.15) is 0 Å². The first kappa shape index (κ1) is 15.0. The monoisotopic (exact) mass is 263 g/mol. The minimum atomic E-state index is -0.444. The van der Waals surface area contributed by atoms with Crippen LogP contribution in [0.4, 0.5) is 11.4 Å². The summed E-state index contributed by atoms with van der Waals surface area (Å²) < 4.78 is 0.